The lowest BCUT2D eigenvalue weighted by Crippen LogP contribution is -2.44. The summed E-state index contributed by atoms with van der Waals surface area (Å²) in [5, 5.41) is 12.7. The van der Waals surface area contributed by atoms with Crippen LogP contribution in [0.1, 0.15) is 5.56 Å². The Hall–Kier alpha value is -4.02. The molecule has 7 nitrogen and oxygen atoms in total. The van der Waals surface area contributed by atoms with Crippen LogP contribution in [0.15, 0.2) is 67.4 Å². The van der Waals surface area contributed by atoms with E-state index >= 15 is 0 Å². The molecule has 0 unspecified atom stereocenters. The first-order valence-corrected chi connectivity index (χ1v) is 11.2. The lowest BCUT2D eigenvalue weighted by atomic mass is 10.0. The highest BCUT2D eigenvalue weighted by molar-refractivity contribution is 5.75. The molecule has 3 aromatic rings. The number of likely N-dealkylation sites (N-methyl/N-ethyl adjacent to an activating group) is 1. The molecule has 1 saturated heterocycles. The van der Waals surface area contributed by atoms with E-state index in [0.717, 1.165) is 54.4 Å². The van der Waals surface area contributed by atoms with Gasteiger partial charge in [-0.1, -0.05) is 12.7 Å². The van der Waals surface area contributed by atoms with Gasteiger partial charge in [-0.25, -0.2) is 4.98 Å². The Morgan fingerprint density at radius 2 is 1.91 bits per heavy atom. The minimum absolute atomic E-state index is 0.437. The van der Waals surface area contributed by atoms with Gasteiger partial charge in [-0.3, -0.25) is 0 Å². The van der Waals surface area contributed by atoms with Crippen LogP contribution in [0.3, 0.4) is 0 Å². The molecule has 7 heteroatoms. The molecular formula is C27H29N5O2. The van der Waals surface area contributed by atoms with Crippen LogP contribution in [-0.4, -0.2) is 56.8 Å². The van der Waals surface area contributed by atoms with Crippen molar-refractivity contribution in [3.63, 3.8) is 0 Å². The van der Waals surface area contributed by atoms with Crippen LogP contribution in [0.2, 0.25) is 0 Å². The zero-order valence-electron chi connectivity index (χ0n) is 19.6. The number of hydrogen-bond acceptors (Lipinski definition) is 7. The summed E-state index contributed by atoms with van der Waals surface area (Å²) in [6, 6.07) is 17.5. The molecule has 1 fully saturated rings. The number of pyridine rings is 1. The van der Waals surface area contributed by atoms with Crippen LogP contribution in [0, 0.1) is 11.3 Å². The van der Waals surface area contributed by atoms with E-state index in [9.17, 15) is 5.26 Å². The quantitative estimate of drug-likeness (QED) is 0.494. The third-order valence-electron chi connectivity index (χ3n) is 5.83. The van der Waals surface area contributed by atoms with Gasteiger partial charge < -0.3 is 24.6 Å². The fourth-order valence-corrected chi connectivity index (χ4v) is 3.98. The second-order valence-corrected chi connectivity index (χ2v) is 8.15. The molecule has 4 rings (SSSR count). The predicted octanol–water partition coefficient (Wildman–Crippen LogP) is 4.69. The Morgan fingerprint density at radius 1 is 1.09 bits per heavy atom. The molecule has 0 amide bonds. The second kappa shape index (κ2) is 10.7. The molecule has 1 aliphatic heterocycles. The fourth-order valence-electron chi connectivity index (χ4n) is 3.98. The van der Waals surface area contributed by atoms with Crippen molar-refractivity contribution in [2.45, 2.75) is 0 Å². The Morgan fingerprint density at radius 3 is 2.65 bits per heavy atom. The van der Waals surface area contributed by atoms with Crippen molar-refractivity contribution in [1.82, 2.24) is 9.88 Å². The SMILES string of the molecule is C=CCOc1cc(Nc2cc(-c3cc(C#N)ccc3OC)ccn2)ccc1N1CCN(C)CC1. The van der Waals surface area contributed by atoms with Crippen molar-refractivity contribution in [3.8, 4) is 28.7 Å². The molecule has 34 heavy (non-hydrogen) atoms. The number of piperazine rings is 1. The van der Waals surface area contributed by atoms with Gasteiger partial charge in [0.05, 0.1) is 24.4 Å². The van der Waals surface area contributed by atoms with E-state index < -0.39 is 0 Å². The van der Waals surface area contributed by atoms with Crippen molar-refractivity contribution in [3.05, 3.63) is 72.9 Å². The highest BCUT2D eigenvalue weighted by Crippen LogP contribution is 2.35. The molecule has 0 bridgehead atoms. The van der Waals surface area contributed by atoms with E-state index in [4.69, 9.17) is 9.47 Å². The molecule has 0 atom stereocenters. The topological polar surface area (TPSA) is 73.6 Å². The number of benzene rings is 2. The maximum atomic E-state index is 9.30. The van der Waals surface area contributed by atoms with Crippen molar-refractivity contribution >= 4 is 17.2 Å². The maximum absolute atomic E-state index is 9.30. The van der Waals surface area contributed by atoms with E-state index in [2.05, 4.69) is 45.9 Å². The highest BCUT2D eigenvalue weighted by Gasteiger charge is 2.18. The Balaban J connectivity index is 1.61. The number of methoxy groups -OCH3 is 1. The van der Waals surface area contributed by atoms with Gasteiger partial charge in [0.1, 0.15) is 23.9 Å². The predicted molar refractivity (Wildman–Crippen MR) is 136 cm³/mol. The Bertz CT molecular complexity index is 1200. The summed E-state index contributed by atoms with van der Waals surface area (Å²) in [7, 11) is 3.77. The van der Waals surface area contributed by atoms with Gasteiger partial charge in [0, 0.05) is 49.7 Å². The van der Waals surface area contributed by atoms with Gasteiger partial charge >= 0.3 is 0 Å². The van der Waals surface area contributed by atoms with E-state index in [1.807, 2.05) is 36.4 Å². The molecule has 174 valence electrons. The number of nitriles is 1. The molecular weight excluding hydrogens is 426 g/mol. The minimum atomic E-state index is 0.437. The zero-order valence-corrected chi connectivity index (χ0v) is 19.6. The van der Waals surface area contributed by atoms with Crippen molar-refractivity contribution in [2.24, 2.45) is 0 Å². The van der Waals surface area contributed by atoms with Gasteiger partial charge in [0.25, 0.3) is 0 Å². The summed E-state index contributed by atoms with van der Waals surface area (Å²) in [6.07, 6.45) is 3.49. The molecule has 1 aromatic heterocycles. The Kier molecular flexibility index (Phi) is 7.31. The van der Waals surface area contributed by atoms with Crippen LogP contribution in [0.25, 0.3) is 11.1 Å². The van der Waals surface area contributed by atoms with Crippen molar-refractivity contribution < 1.29 is 9.47 Å². The number of nitrogens with one attached hydrogen (secondary N) is 1. The molecule has 1 aliphatic rings. The molecule has 2 aromatic carbocycles. The molecule has 0 aliphatic carbocycles. The summed E-state index contributed by atoms with van der Waals surface area (Å²) in [5.74, 6) is 2.20. The molecule has 1 N–H and O–H groups in total. The smallest absolute Gasteiger partial charge is 0.145 e. The van der Waals surface area contributed by atoms with Gasteiger partial charge in [-0.15, -0.1) is 0 Å². The lowest BCUT2D eigenvalue weighted by Gasteiger charge is -2.35. The third-order valence-corrected chi connectivity index (χ3v) is 5.83. The average Bonchev–Trinajstić information content (AvgIpc) is 2.88. The summed E-state index contributed by atoms with van der Waals surface area (Å²) in [6.45, 7) is 8.18. The maximum Gasteiger partial charge on any atom is 0.145 e. The summed E-state index contributed by atoms with van der Waals surface area (Å²) in [5.41, 5.74) is 4.28. The molecule has 0 radical (unpaired) electrons. The average molecular weight is 456 g/mol. The number of nitrogens with zero attached hydrogens (tertiary/aromatic N) is 4. The number of anilines is 3. The number of ether oxygens (including phenoxy) is 2. The minimum Gasteiger partial charge on any atom is -0.496 e. The number of hydrogen-bond donors (Lipinski definition) is 1. The first-order chi connectivity index (χ1) is 16.6. The van der Waals surface area contributed by atoms with E-state index in [1.54, 1.807) is 25.4 Å². The largest absolute Gasteiger partial charge is 0.496 e. The van der Waals surface area contributed by atoms with Crippen LogP contribution in [0.4, 0.5) is 17.2 Å². The Labute approximate surface area is 200 Å². The van der Waals surface area contributed by atoms with Crippen LogP contribution < -0.4 is 19.7 Å². The van der Waals surface area contributed by atoms with Crippen molar-refractivity contribution in [2.75, 3.05) is 57.2 Å². The lowest BCUT2D eigenvalue weighted by molar-refractivity contribution is 0.309. The molecule has 0 saturated carbocycles. The normalized spacial score (nSPS) is 13.7. The van der Waals surface area contributed by atoms with E-state index in [-0.39, 0.29) is 0 Å². The van der Waals surface area contributed by atoms with Crippen LogP contribution in [0.5, 0.6) is 11.5 Å². The zero-order chi connectivity index (χ0) is 23.9. The standard InChI is InChI=1S/C27H29N5O2/c1-4-15-34-26-18-22(6-7-24(26)32-13-11-31(2)12-14-32)30-27-17-21(9-10-29-27)23-16-20(19-28)5-8-25(23)33-3/h4-10,16-18H,1,11-15H2,2-3H3,(H,29,30). The van der Waals surface area contributed by atoms with E-state index in [0.29, 0.717) is 23.7 Å². The number of rotatable bonds is 8. The van der Waals surface area contributed by atoms with E-state index in [1.165, 1.54) is 0 Å². The summed E-state index contributed by atoms with van der Waals surface area (Å²) in [4.78, 5) is 9.17. The first kappa shape index (κ1) is 23.1. The summed E-state index contributed by atoms with van der Waals surface area (Å²) >= 11 is 0. The molecule has 2 heterocycles. The second-order valence-electron chi connectivity index (χ2n) is 8.15. The van der Waals surface area contributed by atoms with Gasteiger partial charge in [0.2, 0.25) is 0 Å². The van der Waals surface area contributed by atoms with Crippen LogP contribution >= 0.6 is 0 Å². The number of aromatic nitrogens is 1. The highest BCUT2D eigenvalue weighted by atomic mass is 16.5. The summed E-state index contributed by atoms with van der Waals surface area (Å²) < 4.78 is 11.5. The van der Waals surface area contributed by atoms with Crippen LogP contribution in [-0.2, 0) is 0 Å². The first-order valence-electron chi connectivity index (χ1n) is 11.2. The van der Waals surface area contributed by atoms with Gasteiger partial charge in [-0.05, 0) is 55.1 Å². The van der Waals surface area contributed by atoms with Gasteiger partial charge in [0.15, 0.2) is 0 Å². The monoisotopic (exact) mass is 455 g/mol. The third kappa shape index (κ3) is 5.30. The van der Waals surface area contributed by atoms with Gasteiger partial charge in [-0.2, -0.15) is 5.26 Å². The van der Waals surface area contributed by atoms with Crippen molar-refractivity contribution in [1.29, 1.82) is 5.26 Å². The molecule has 0 spiro atoms. The fraction of sp³-hybridized carbons (Fsp3) is 0.259.